The second-order valence-corrected chi connectivity index (χ2v) is 7.97. The highest BCUT2D eigenvalue weighted by molar-refractivity contribution is 7.91. The average Bonchev–Trinajstić information content (AvgIpc) is 3.15. The summed E-state index contributed by atoms with van der Waals surface area (Å²) in [6, 6.07) is 4.20. The molecule has 1 aromatic carbocycles. The quantitative estimate of drug-likeness (QED) is 0.523. The van der Waals surface area contributed by atoms with Gasteiger partial charge >= 0.3 is 12.5 Å². The van der Waals surface area contributed by atoms with Crippen LogP contribution in [0.2, 0.25) is 0 Å². The maximum Gasteiger partial charge on any atom is 0.573 e. The molecule has 3 N–H and O–H groups in total. The molecule has 0 saturated carbocycles. The van der Waals surface area contributed by atoms with Crippen molar-refractivity contribution in [1.82, 2.24) is 15.2 Å². The van der Waals surface area contributed by atoms with Crippen LogP contribution < -0.4 is 10.5 Å². The summed E-state index contributed by atoms with van der Waals surface area (Å²) in [6.45, 7) is 0. The van der Waals surface area contributed by atoms with Gasteiger partial charge in [-0.3, -0.25) is 0 Å². The molecule has 16 heteroatoms. The van der Waals surface area contributed by atoms with Crippen molar-refractivity contribution in [2.24, 2.45) is 0 Å². The fourth-order valence-electron chi connectivity index (χ4n) is 2.32. The molecule has 3 aromatic rings. The van der Waals surface area contributed by atoms with Gasteiger partial charge in [-0.25, -0.2) is 13.4 Å². The number of anilines is 1. The zero-order chi connectivity index (χ0) is 23.9. The number of aliphatic hydroxyl groups excluding tert-OH is 1. The molecule has 0 aliphatic rings. The number of nitrogens with two attached hydrogens (primary N) is 1. The summed E-state index contributed by atoms with van der Waals surface area (Å²) in [5, 5.41) is 15.5. The van der Waals surface area contributed by atoms with Crippen LogP contribution in [-0.4, -0.2) is 41.2 Å². The van der Waals surface area contributed by atoms with Crippen LogP contribution in [0.1, 0.15) is 12.0 Å². The molecule has 0 amide bonds. The third-order valence-electron chi connectivity index (χ3n) is 3.76. The maximum absolute atomic E-state index is 12.7. The van der Waals surface area contributed by atoms with Gasteiger partial charge in [-0.05, 0) is 30.3 Å². The summed E-state index contributed by atoms with van der Waals surface area (Å²) in [5.74, 6) is -2.43. The van der Waals surface area contributed by atoms with E-state index in [1.807, 2.05) is 0 Å². The smallest absolute Gasteiger partial charge is 0.416 e. The highest BCUT2D eigenvalue weighted by atomic mass is 32.2. The van der Waals surface area contributed by atoms with E-state index < -0.39 is 55.8 Å². The van der Waals surface area contributed by atoms with Crippen LogP contribution in [0.5, 0.6) is 5.75 Å². The fraction of sp³-hybridized carbons (Fsp3) is 0.188. The predicted molar refractivity (Wildman–Crippen MR) is 91.5 cm³/mol. The van der Waals surface area contributed by atoms with Crippen LogP contribution in [0.25, 0.3) is 11.6 Å². The van der Waals surface area contributed by atoms with Gasteiger partial charge in [-0.15, -0.1) is 23.4 Å². The highest BCUT2D eigenvalue weighted by Crippen LogP contribution is 2.34. The molecular weight excluding hydrogens is 474 g/mol. The van der Waals surface area contributed by atoms with Gasteiger partial charge in [0.1, 0.15) is 5.75 Å². The Labute approximate surface area is 174 Å². The SMILES string of the molecule is Nc1cc(S(=O)(=O)c2ccc(OC(F)(F)F)cc2)cnc1-c1nnc(C(O)C(F)(F)F)o1. The van der Waals surface area contributed by atoms with E-state index in [1.165, 1.54) is 0 Å². The van der Waals surface area contributed by atoms with Crippen molar-refractivity contribution in [3.8, 4) is 17.3 Å². The van der Waals surface area contributed by atoms with Crippen LogP contribution in [-0.2, 0) is 9.84 Å². The van der Waals surface area contributed by atoms with Gasteiger partial charge in [-0.2, -0.15) is 13.2 Å². The van der Waals surface area contributed by atoms with Crippen LogP contribution in [0.4, 0.5) is 32.0 Å². The minimum absolute atomic E-state index is 0.356. The zero-order valence-corrected chi connectivity index (χ0v) is 16.0. The molecule has 172 valence electrons. The van der Waals surface area contributed by atoms with E-state index in [0.29, 0.717) is 0 Å². The Morgan fingerprint density at radius 3 is 2.19 bits per heavy atom. The molecule has 1 atom stereocenters. The lowest BCUT2D eigenvalue weighted by molar-refractivity contribution is -0.274. The zero-order valence-electron chi connectivity index (χ0n) is 15.2. The van der Waals surface area contributed by atoms with Crippen molar-refractivity contribution >= 4 is 15.5 Å². The number of halogens is 6. The number of rotatable bonds is 5. The minimum Gasteiger partial charge on any atom is -0.416 e. The molecule has 32 heavy (non-hydrogen) atoms. The molecule has 2 aromatic heterocycles. The molecule has 0 spiro atoms. The van der Waals surface area contributed by atoms with Crippen molar-refractivity contribution in [3.63, 3.8) is 0 Å². The lowest BCUT2D eigenvalue weighted by atomic mass is 10.3. The molecule has 3 rings (SSSR count). The third-order valence-corrected chi connectivity index (χ3v) is 5.49. The molecule has 1 unspecified atom stereocenters. The average molecular weight is 484 g/mol. The van der Waals surface area contributed by atoms with Crippen LogP contribution in [0.3, 0.4) is 0 Å². The molecule has 0 fully saturated rings. The van der Waals surface area contributed by atoms with E-state index in [2.05, 4.69) is 19.9 Å². The lowest BCUT2D eigenvalue weighted by Crippen LogP contribution is -2.20. The number of nitrogens with zero attached hydrogens (tertiary/aromatic N) is 3. The number of nitrogen functional groups attached to an aromatic ring is 1. The predicted octanol–water partition coefficient (Wildman–Crippen LogP) is 3.04. The van der Waals surface area contributed by atoms with Crippen molar-refractivity contribution in [2.75, 3.05) is 5.73 Å². The van der Waals surface area contributed by atoms with E-state index in [9.17, 15) is 34.8 Å². The number of pyridine rings is 1. The molecule has 0 saturated heterocycles. The lowest BCUT2D eigenvalue weighted by Gasteiger charge is -2.10. The molecule has 0 aliphatic heterocycles. The summed E-state index contributed by atoms with van der Waals surface area (Å²) < 4.78 is 108. The highest BCUT2D eigenvalue weighted by Gasteiger charge is 2.43. The molecule has 0 radical (unpaired) electrons. The number of ether oxygens (including phenoxy) is 1. The summed E-state index contributed by atoms with van der Waals surface area (Å²) in [5.41, 5.74) is 4.98. The number of hydrogen-bond donors (Lipinski definition) is 2. The second-order valence-electron chi connectivity index (χ2n) is 6.02. The Balaban J connectivity index is 1.88. The Morgan fingerprint density at radius 1 is 1.03 bits per heavy atom. The Hall–Kier alpha value is -3.40. The number of sulfone groups is 1. The molecule has 0 bridgehead atoms. The third kappa shape index (κ3) is 4.91. The van der Waals surface area contributed by atoms with E-state index >= 15 is 0 Å². The number of hydrogen-bond acceptors (Lipinski definition) is 9. The number of benzene rings is 1. The first-order valence-corrected chi connectivity index (χ1v) is 9.62. The maximum atomic E-state index is 12.7. The van der Waals surface area contributed by atoms with Gasteiger partial charge in [0, 0.05) is 6.20 Å². The van der Waals surface area contributed by atoms with Crippen molar-refractivity contribution in [1.29, 1.82) is 0 Å². The first kappa shape index (κ1) is 23.3. The van der Waals surface area contributed by atoms with Crippen molar-refractivity contribution < 1.29 is 49.0 Å². The Morgan fingerprint density at radius 2 is 1.66 bits per heavy atom. The van der Waals surface area contributed by atoms with Crippen LogP contribution in [0.15, 0.2) is 50.7 Å². The van der Waals surface area contributed by atoms with Gasteiger partial charge in [0.05, 0.1) is 15.5 Å². The van der Waals surface area contributed by atoms with Gasteiger partial charge in [0.2, 0.25) is 15.9 Å². The summed E-state index contributed by atoms with van der Waals surface area (Å²) in [4.78, 5) is 2.82. The second kappa shape index (κ2) is 7.94. The van der Waals surface area contributed by atoms with Gasteiger partial charge in [-0.1, -0.05) is 0 Å². The van der Waals surface area contributed by atoms with Crippen molar-refractivity contribution in [2.45, 2.75) is 28.4 Å². The Bertz CT molecular complexity index is 1220. The number of aliphatic hydroxyl groups is 1. The summed E-state index contributed by atoms with van der Waals surface area (Å²) >= 11 is 0. The van der Waals surface area contributed by atoms with E-state index in [1.54, 1.807) is 0 Å². The molecule has 9 nitrogen and oxygen atoms in total. The number of alkyl halides is 6. The van der Waals surface area contributed by atoms with Gasteiger partial charge in [0.25, 0.3) is 11.8 Å². The molecule has 2 heterocycles. The normalized spacial score (nSPS) is 13.7. The van der Waals surface area contributed by atoms with E-state index in [-0.39, 0.29) is 11.4 Å². The molecular formula is C16H10F6N4O5S. The van der Waals surface area contributed by atoms with E-state index in [4.69, 9.17) is 15.3 Å². The van der Waals surface area contributed by atoms with Crippen LogP contribution >= 0.6 is 0 Å². The van der Waals surface area contributed by atoms with Crippen molar-refractivity contribution in [3.05, 3.63) is 42.4 Å². The number of aromatic nitrogens is 3. The fourth-order valence-corrected chi connectivity index (χ4v) is 3.56. The summed E-state index contributed by atoms with van der Waals surface area (Å²) in [7, 11) is -4.28. The standard InChI is InChI=1S/C16H10F6N4O5S/c17-15(18,19)12(27)14-26-25-13(30-14)11-10(23)5-9(6-24-11)32(28,29)8-3-1-7(2-4-8)31-16(20,21)22/h1-6,12,27H,23H2. The Kier molecular flexibility index (Phi) is 5.77. The largest absolute Gasteiger partial charge is 0.573 e. The first-order valence-electron chi connectivity index (χ1n) is 8.13. The monoisotopic (exact) mass is 484 g/mol. The topological polar surface area (TPSA) is 141 Å². The van der Waals surface area contributed by atoms with E-state index in [0.717, 1.165) is 36.5 Å². The van der Waals surface area contributed by atoms with Crippen LogP contribution in [0, 0.1) is 0 Å². The first-order chi connectivity index (χ1) is 14.7. The van der Waals surface area contributed by atoms with Gasteiger partial charge < -0.3 is 20.0 Å². The summed E-state index contributed by atoms with van der Waals surface area (Å²) in [6.07, 6.45) is -12.3. The van der Waals surface area contributed by atoms with Gasteiger partial charge in [0.15, 0.2) is 5.69 Å². The minimum atomic E-state index is -5.07. The molecule has 0 aliphatic carbocycles.